The molecule has 1 spiro atoms. The van der Waals surface area contributed by atoms with Gasteiger partial charge in [-0.3, -0.25) is 9.78 Å². The molecule has 3 saturated heterocycles. The Morgan fingerprint density at radius 1 is 1.35 bits per heavy atom. The van der Waals surface area contributed by atoms with E-state index in [-0.39, 0.29) is 17.6 Å². The second-order valence-corrected chi connectivity index (χ2v) is 9.03. The van der Waals surface area contributed by atoms with Crippen LogP contribution in [0.1, 0.15) is 37.1 Å². The van der Waals surface area contributed by atoms with Crippen molar-refractivity contribution >= 4 is 17.7 Å². The molecule has 6 heteroatoms. The highest BCUT2D eigenvalue weighted by Crippen LogP contribution is 2.37. The molecule has 0 aromatic carbocycles. The van der Waals surface area contributed by atoms with Crippen molar-refractivity contribution in [3.63, 3.8) is 0 Å². The van der Waals surface area contributed by atoms with Crippen molar-refractivity contribution in [1.82, 2.24) is 9.88 Å². The van der Waals surface area contributed by atoms with Gasteiger partial charge in [-0.05, 0) is 49.8 Å². The standard InChI is InChI=1S/C20H28N2O3S/c1-15-3-2-4-17(21-15)12-24-18-5-8-25-20(11-18)13-22(14-20)19(23)16-6-9-26-10-7-16/h2-4,16,18H,5-14H2,1H3. The predicted molar refractivity (Wildman–Crippen MR) is 102 cm³/mol. The monoisotopic (exact) mass is 376 g/mol. The summed E-state index contributed by atoms with van der Waals surface area (Å²) in [6.07, 6.45) is 4.05. The van der Waals surface area contributed by atoms with Gasteiger partial charge in [-0.25, -0.2) is 0 Å². The van der Waals surface area contributed by atoms with E-state index in [0.29, 0.717) is 19.1 Å². The Kier molecular flexibility index (Phi) is 5.53. The van der Waals surface area contributed by atoms with E-state index >= 15 is 0 Å². The molecule has 1 atom stereocenters. The van der Waals surface area contributed by atoms with E-state index in [4.69, 9.17) is 9.47 Å². The average molecular weight is 377 g/mol. The quantitative estimate of drug-likeness (QED) is 0.809. The number of likely N-dealkylation sites (tertiary alicyclic amines) is 1. The van der Waals surface area contributed by atoms with Gasteiger partial charge in [0.1, 0.15) is 5.60 Å². The zero-order chi connectivity index (χ0) is 18.0. The van der Waals surface area contributed by atoms with Crippen LogP contribution in [0.5, 0.6) is 0 Å². The van der Waals surface area contributed by atoms with E-state index in [0.717, 1.165) is 61.7 Å². The largest absolute Gasteiger partial charge is 0.372 e. The van der Waals surface area contributed by atoms with Crippen LogP contribution >= 0.6 is 11.8 Å². The maximum atomic E-state index is 12.7. The van der Waals surface area contributed by atoms with E-state index in [9.17, 15) is 4.79 Å². The van der Waals surface area contributed by atoms with Crippen LogP contribution in [-0.4, -0.2) is 58.7 Å². The Labute approximate surface area is 159 Å². The van der Waals surface area contributed by atoms with Crippen molar-refractivity contribution in [1.29, 1.82) is 0 Å². The molecular weight excluding hydrogens is 348 g/mol. The minimum Gasteiger partial charge on any atom is -0.372 e. The molecule has 1 aromatic heterocycles. The number of amides is 1. The lowest BCUT2D eigenvalue weighted by Crippen LogP contribution is -2.68. The number of nitrogens with zero attached hydrogens (tertiary/aromatic N) is 2. The van der Waals surface area contributed by atoms with Gasteiger partial charge in [0.25, 0.3) is 0 Å². The van der Waals surface area contributed by atoms with Gasteiger partial charge in [-0.1, -0.05) is 6.07 Å². The molecular formula is C20H28N2O3S. The fourth-order valence-electron chi connectivity index (χ4n) is 4.24. The number of carbonyl (C=O) groups is 1. The van der Waals surface area contributed by atoms with Gasteiger partial charge >= 0.3 is 0 Å². The van der Waals surface area contributed by atoms with E-state index < -0.39 is 0 Å². The number of pyridine rings is 1. The summed E-state index contributed by atoms with van der Waals surface area (Å²) in [7, 11) is 0. The summed E-state index contributed by atoms with van der Waals surface area (Å²) in [5, 5.41) is 0. The van der Waals surface area contributed by atoms with Crippen molar-refractivity contribution < 1.29 is 14.3 Å². The Bertz CT molecular complexity index is 642. The normalized spacial score (nSPS) is 25.9. The number of carbonyl (C=O) groups excluding carboxylic acids is 1. The van der Waals surface area contributed by atoms with Crippen LogP contribution in [0.25, 0.3) is 0 Å². The van der Waals surface area contributed by atoms with Gasteiger partial charge in [0.15, 0.2) is 0 Å². The molecule has 4 heterocycles. The summed E-state index contributed by atoms with van der Waals surface area (Å²) in [5.74, 6) is 2.81. The summed E-state index contributed by atoms with van der Waals surface area (Å²) < 4.78 is 12.2. The number of ether oxygens (including phenoxy) is 2. The summed E-state index contributed by atoms with van der Waals surface area (Å²) >= 11 is 1.96. The SMILES string of the molecule is Cc1cccc(COC2CCOC3(C2)CN(C(=O)C2CCSCC2)C3)n1. The highest BCUT2D eigenvalue weighted by Gasteiger charge is 2.50. The van der Waals surface area contributed by atoms with Crippen LogP contribution in [0.2, 0.25) is 0 Å². The Morgan fingerprint density at radius 2 is 2.15 bits per heavy atom. The predicted octanol–water partition coefficient (Wildman–Crippen LogP) is 2.81. The lowest BCUT2D eigenvalue weighted by atomic mass is 9.83. The first-order valence-corrected chi connectivity index (χ1v) is 10.8. The van der Waals surface area contributed by atoms with Crippen molar-refractivity contribution in [2.24, 2.45) is 5.92 Å². The number of rotatable bonds is 4. The molecule has 0 radical (unpaired) electrons. The van der Waals surface area contributed by atoms with E-state index in [1.165, 1.54) is 0 Å². The molecule has 3 aliphatic heterocycles. The molecule has 142 valence electrons. The van der Waals surface area contributed by atoms with Gasteiger partial charge < -0.3 is 14.4 Å². The third kappa shape index (κ3) is 4.07. The lowest BCUT2D eigenvalue weighted by molar-refractivity contribution is -0.204. The van der Waals surface area contributed by atoms with Crippen molar-refractivity contribution in [2.45, 2.75) is 50.9 Å². The zero-order valence-electron chi connectivity index (χ0n) is 15.5. The molecule has 5 nitrogen and oxygen atoms in total. The number of aromatic nitrogens is 1. The van der Waals surface area contributed by atoms with Gasteiger partial charge in [-0.2, -0.15) is 11.8 Å². The molecule has 0 N–H and O–H groups in total. The van der Waals surface area contributed by atoms with Crippen molar-refractivity contribution in [3.05, 3.63) is 29.6 Å². The van der Waals surface area contributed by atoms with Gasteiger partial charge in [0, 0.05) is 24.6 Å². The van der Waals surface area contributed by atoms with Crippen LogP contribution < -0.4 is 0 Å². The number of hydrogen-bond donors (Lipinski definition) is 0. The molecule has 26 heavy (non-hydrogen) atoms. The van der Waals surface area contributed by atoms with E-state index in [1.807, 2.05) is 41.8 Å². The molecule has 0 aliphatic carbocycles. The van der Waals surface area contributed by atoms with Crippen molar-refractivity contribution in [3.8, 4) is 0 Å². The zero-order valence-corrected chi connectivity index (χ0v) is 16.3. The second kappa shape index (κ2) is 7.87. The third-order valence-corrected chi connectivity index (χ3v) is 6.75. The first-order valence-electron chi connectivity index (χ1n) is 9.68. The molecule has 1 aromatic rings. The summed E-state index contributed by atoms with van der Waals surface area (Å²) in [6.45, 7) is 4.73. The molecule has 0 bridgehead atoms. The fraction of sp³-hybridized carbons (Fsp3) is 0.700. The molecule has 3 aliphatic rings. The lowest BCUT2D eigenvalue weighted by Gasteiger charge is -2.53. The van der Waals surface area contributed by atoms with Gasteiger partial charge in [0.2, 0.25) is 5.91 Å². The van der Waals surface area contributed by atoms with E-state index in [2.05, 4.69) is 4.98 Å². The number of hydrogen-bond acceptors (Lipinski definition) is 5. The molecule has 4 rings (SSSR count). The summed E-state index contributed by atoms with van der Waals surface area (Å²) in [5.41, 5.74) is 1.82. The highest BCUT2D eigenvalue weighted by molar-refractivity contribution is 7.99. The van der Waals surface area contributed by atoms with Crippen LogP contribution in [0.4, 0.5) is 0 Å². The smallest absolute Gasteiger partial charge is 0.225 e. The van der Waals surface area contributed by atoms with Crippen LogP contribution in [0.15, 0.2) is 18.2 Å². The van der Waals surface area contributed by atoms with Crippen molar-refractivity contribution in [2.75, 3.05) is 31.2 Å². The third-order valence-electron chi connectivity index (χ3n) is 5.70. The Morgan fingerprint density at radius 3 is 2.92 bits per heavy atom. The average Bonchev–Trinajstić information content (AvgIpc) is 2.65. The second-order valence-electron chi connectivity index (χ2n) is 7.81. The molecule has 0 saturated carbocycles. The Hall–Kier alpha value is -1.11. The molecule has 3 fully saturated rings. The first-order chi connectivity index (χ1) is 12.6. The minimum absolute atomic E-state index is 0.179. The molecule has 1 unspecified atom stereocenters. The van der Waals surface area contributed by atoms with Gasteiger partial charge in [-0.15, -0.1) is 0 Å². The summed E-state index contributed by atoms with van der Waals surface area (Å²) in [4.78, 5) is 19.2. The van der Waals surface area contributed by atoms with E-state index in [1.54, 1.807) is 0 Å². The maximum Gasteiger partial charge on any atom is 0.225 e. The van der Waals surface area contributed by atoms with Gasteiger partial charge in [0.05, 0.1) is 31.5 Å². The summed E-state index contributed by atoms with van der Waals surface area (Å²) in [6, 6.07) is 6.03. The first kappa shape index (κ1) is 18.3. The number of aryl methyl sites for hydroxylation is 1. The Balaban J connectivity index is 1.27. The highest BCUT2D eigenvalue weighted by atomic mass is 32.2. The minimum atomic E-state index is -0.179. The van der Waals surface area contributed by atoms with Crippen LogP contribution in [0.3, 0.4) is 0 Å². The van der Waals surface area contributed by atoms with Crippen LogP contribution in [0, 0.1) is 12.8 Å². The fourth-order valence-corrected chi connectivity index (χ4v) is 5.34. The number of thioether (sulfide) groups is 1. The molecule has 1 amide bonds. The van der Waals surface area contributed by atoms with Crippen LogP contribution in [-0.2, 0) is 20.9 Å². The topological polar surface area (TPSA) is 51.7 Å². The maximum absolute atomic E-state index is 12.7.